The second-order valence-electron chi connectivity index (χ2n) is 3.30. The molecule has 0 unspecified atom stereocenters. The zero-order chi connectivity index (χ0) is 12.5. The van der Waals surface area contributed by atoms with Gasteiger partial charge < -0.3 is 9.47 Å². The number of hydrogen-bond acceptors (Lipinski definition) is 4. The van der Waals surface area contributed by atoms with Crippen molar-refractivity contribution in [3.63, 3.8) is 0 Å². The third-order valence-electron chi connectivity index (χ3n) is 1.98. The fourth-order valence-electron chi connectivity index (χ4n) is 1.28. The van der Waals surface area contributed by atoms with Crippen LogP contribution in [0.4, 0.5) is 0 Å². The van der Waals surface area contributed by atoms with E-state index in [4.69, 9.17) is 9.47 Å². The lowest BCUT2D eigenvalue weighted by Gasteiger charge is -2.08. The molecule has 0 saturated heterocycles. The lowest BCUT2D eigenvalue weighted by Crippen LogP contribution is -2.34. The van der Waals surface area contributed by atoms with Gasteiger partial charge in [-0.3, -0.25) is 10.2 Å². The average molecular weight is 238 g/mol. The van der Waals surface area contributed by atoms with Gasteiger partial charge in [0.25, 0.3) is 0 Å². The highest BCUT2D eigenvalue weighted by Gasteiger charge is 2.01. The Morgan fingerprint density at radius 3 is 2.65 bits per heavy atom. The van der Waals surface area contributed by atoms with E-state index in [2.05, 4.69) is 10.9 Å². The fourth-order valence-corrected chi connectivity index (χ4v) is 1.28. The lowest BCUT2D eigenvalue weighted by atomic mass is 10.3. The van der Waals surface area contributed by atoms with Gasteiger partial charge >= 0.3 is 0 Å². The number of ether oxygens (including phenoxy) is 2. The highest BCUT2D eigenvalue weighted by Crippen LogP contribution is 2.19. The number of benzene rings is 1. The summed E-state index contributed by atoms with van der Waals surface area (Å²) < 4.78 is 10.8. The van der Waals surface area contributed by atoms with Crippen LogP contribution in [0.2, 0.25) is 0 Å². The molecule has 2 N–H and O–H groups in total. The number of amides is 1. The Labute approximate surface area is 101 Å². The van der Waals surface area contributed by atoms with Crippen LogP contribution in [0.3, 0.4) is 0 Å². The van der Waals surface area contributed by atoms with Gasteiger partial charge in [-0.1, -0.05) is 6.07 Å². The molecule has 0 heterocycles. The molecule has 5 heteroatoms. The van der Waals surface area contributed by atoms with E-state index in [0.29, 0.717) is 25.4 Å². The minimum absolute atomic E-state index is 0.103. The Morgan fingerprint density at radius 1 is 1.29 bits per heavy atom. The van der Waals surface area contributed by atoms with Crippen molar-refractivity contribution in [2.75, 3.05) is 20.3 Å². The van der Waals surface area contributed by atoms with Crippen LogP contribution in [-0.4, -0.2) is 26.2 Å². The zero-order valence-corrected chi connectivity index (χ0v) is 10.2. The van der Waals surface area contributed by atoms with E-state index >= 15 is 0 Å². The first-order valence-corrected chi connectivity index (χ1v) is 5.57. The molecule has 0 aliphatic carbocycles. The third-order valence-corrected chi connectivity index (χ3v) is 1.98. The topological polar surface area (TPSA) is 59.6 Å². The summed E-state index contributed by atoms with van der Waals surface area (Å²) in [6.45, 7) is 2.88. The Kier molecular flexibility index (Phi) is 5.88. The van der Waals surface area contributed by atoms with E-state index < -0.39 is 0 Å². The van der Waals surface area contributed by atoms with Crippen LogP contribution in [0.5, 0.6) is 11.5 Å². The summed E-state index contributed by atoms with van der Waals surface area (Å²) in [5.41, 5.74) is 5.04. The summed E-state index contributed by atoms with van der Waals surface area (Å²) in [5, 5.41) is 0. The van der Waals surface area contributed by atoms with Crippen LogP contribution in [0, 0.1) is 0 Å². The van der Waals surface area contributed by atoms with Crippen LogP contribution in [0.25, 0.3) is 0 Å². The van der Waals surface area contributed by atoms with Crippen molar-refractivity contribution >= 4 is 5.91 Å². The van der Waals surface area contributed by atoms with E-state index in [1.54, 1.807) is 13.1 Å². The van der Waals surface area contributed by atoms with Gasteiger partial charge in [0.15, 0.2) is 0 Å². The standard InChI is InChI=1S/C12H18N2O3/c1-3-16-10-5-4-6-11(9-10)17-8-7-12(15)14-13-2/h4-6,9,13H,3,7-8H2,1-2H3,(H,14,15). The average Bonchev–Trinajstić information content (AvgIpc) is 2.30. The smallest absolute Gasteiger partial charge is 0.237 e. The molecule has 17 heavy (non-hydrogen) atoms. The zero-order valence-electron chi connectivity index (χ0n) is 10.2. The maximum Gasteiger partial charge on any atom is 0.237 e. The van der Waals surface area contributed by atoms with Gasteiger partial charge in [-0.05, 0) is 19.1 Å². The van der Waals surface area contributed by atoms with E-state index in [1.807, 2.05) is 25.1 Å². The summed E-state index contributed by atoms with van der Waals surface area (Å²) in [6, 6.07) is 7.36. The second kappa shape index (κ2) is 7.51. The molecule has 0 aliphatic rings. The monoisotopic (exact) mass is 238 g/mol. The maximum absolute atomic E-state index is 11.1. The number of hydrogen-bond donors (Lipinski definition) is 2. The van der Waals surface area contributed by atoms with E-state index in [-0.39, 0.29) is 5.91 Å². The van der Waals surface area contributed by atoms with Crippen molar-refractivity contribution in [3.05, 3.63) is 24.3 Å². The molecule has 0 aliphatic heterocycles. The minimum Gasteiger partial charge on any atom is -0.494 e. The van der Waals surface area contributed by atoms with Gasteiger partial charge in [0.1, 0.15) is 11.5 Å². The Hall–Kier alpha value is -1.75. The molecular weight excluding hydrogens is 220 g/mol. The predicted octanol–water partition coefficient (Wildman–Crippen LogP) is 1.10. The third kappa shape index (κ3) is 5.21. The Balaban J connectivity index is 2.35. The van der Waals surface area contributed by atoms with Crippen LogP contribution < -0.4 is 20.3 Å². The number of hydrazine groups is 1. The SMILES string of the molecule is CCOc1cccc(OCCC(=O)NNC)c1. The first-order valence-electron chi connectivity index (χ1n) is 5.57. The van der Waals surface area contributed by atoms with Crippen LogP contribution in [0.15, 0.2) is 24.3 Å². The van der Waals surface area contributed by atoms with E-state index in [0.717, 1.165) is 5.75 Å². The van der Waals surface area contributed by atoms with Gasteiger partial charge in [-0.15, -0.1) is 0 Å². The normalized spacial score (nSPS) is 9.76. The number of carbonyl (C=O) groups excluding carboxylic acids is 1. The van der Waals surface area contributed by atoms with Crippen molar-refractivity contribution in [1.82, 2.24) is 10.9 Å². The first kappa shape index (κ1) is 13.3. The maximum atomic E-state index is 11.1. The number of carbonyl (C=O) groups is 1. The quantitative estimate of drug-likeness (QED) is 0.698. The fraction of sp³-hybridized carbons (Fsp3) is 0.417. The molecule has 1 aromatic carbocycles. The Morgan fingerprint density at radius 2 is 2.00 bits per heavy atom. The van der Waals surface area contributed by atoms with Gasteiger partial charge in [0.2, 0.25) is 5.91 Å². The number of nitrogens with one attached hydrogen (secondary N) is 2. The van der Waals surface area contributed by atoms with Crippen molar-refractivity contribution in [2.24, 2.45) is 0 Å². The van der Waals surface area contributed by atoms with Crippen molar-refractivity contribution in [2.45, 2.75) is 13.3 Å². The molecule has 0 saturated carbocycles. The first-order chi connectivity index (χ1) is 8.26. The molecule has 0 bridgehead atoms. The summed E-state index contributed by atoms with van der Waals surface area (Å²) >= 11 is 0. The molecule has 0 spiro atoms. The minimum atomic E-state index is -0.103. The van der Waals surface area contributed by atoms with Crippen molar-refractivity contribution < 1.29 is 14.3 Å². The molecule has 5 nitrogen and oxygen atoms in total. The molecule has 1 rings (SSSR count). The van der Waals surface area contributed by atoms with Crippen LogP contribution in [0.1, 0.15) is 13.3 Å². The van der Waals surface area contributed by atoms with Crippen LogP contribution >= 0.6 is 0 Å². The molecule has 1 aromatic rings. The summed E-state index contributed by atoms with van der Waals surface area (Å²) in [7, 11) is 1.64. The Bertz CT molecular complexity index is 355. The van der Waals surface area contributed by atoms with Gasteiger partial charge in [0.05, 0.1) is 19.6 Å². The predicted molar refractivity (Wildman–Crippen MR) is 64.9 cm³/mol. The van der Waals surface area contributed by atoms with E-state index in [1.165, 1.54) is 0 Å². The van der Waals surface area contributed by atoms with Gasteiger partial charge in [-0.2, -0.15) is 0 Å². The largest absolute Gasteiger partial charge is 0.494 e. The molecule has 0 aromatic heterocycles. The molecule has 0 radical (unpaired) electrons. The highest BCUT2D eigenvalue weighted by molar-refractivity contribution is 5.75. The van der Waals surface area contributed by atoms with E-state index in [9.17, 15) is 4.79 Å². The highest BCUT2D eigenvalue weighted by atomic mass is 16.5. The van der Waals surface area contributed by atoms with Gasteiger partial charge in [0, 0.05) is 13.1 Å². The van der Waals surface area contributed by atoms with Crippen molar-refractivity contribution in [3.8, 4) is 11.5 Å². The molecule has 1 amide bonds. The summed E-state index contributed by atoms with van der Waals surface area (Å²) in [5.74, 6) is 1.37. The second-order valence-corrected chi connectivity index (χ2v) is 3.30. The van der Waals surface area contributed by atoms with Crippen LogP contribution in [-0.2, 0) is 4.79 Å². The van der Waals surface area contributed by atoms with Crippen molar-refractivity contribution in [1.29, 1.82) is 0 Å². The molecule has 0 fully saturated rings. The molecule has 0 atom stereocenters. The molecular formula is C12H18N2O3. The lowest BCUT2D eigenvalue weighted by molar-refractivity contribution is -0.122. The number of rotatable bonds is 7. The summed E-state index contributed by atoms with van der Waals surface area (Å²) in [4.78, 5) is 11.1. The van der Waals surface area contributed by atoms with Gasteiger partial charge in [-0.25, -0.2) is 5.43 Å². The summed E-state index contributed by atoms with van der Waals surface area (Å²) in [6.07, 6.45) is 0.305. The molecule has 94 valence electrons.